The Labute approximate surface area is 91.9 Å². The molecule has 1 aromatic heterocycles. The van der Waals surface area contributed by atoms with Gasteiger partial charge < -0.3 is 9.73 Å². The SMILES string of the molecule is Fc1ccc(F)c(CNCc2ccoc2)c1. The van der Waals surface area contributed by atoms with Crippen molar-refractivity contribution in [2.24, 2.45) is 0 Å². The van der Waals surface area contributed by atoms with E-state index in [4.69, 9.17) is 4.42 Å². The number of halogens is 2. The van der Waals surface area contributed by atoms with Crippen LogP contribution in [0.1, 0.15) is 11.1 Å². The summed E-state index contributed by atoms with van der Waals surface area (Å²) in [4.78, 5) is 0. The first-order chi connectivity index (χ1) is 7.75. The van der Waals surface area contributed by atoms with Gasteiger partial charge in [0, 0.05) is 24.2 Å². The van der Waals surface area contributed by atoms with Crippen LogP contribution in [0.25, 0.3) is 0 Å². The smallest absolute Gasteiger partial charge is 0.127 e. The molecule has 0 fully saturated rings. The average molecular weight is 223 g/mol. The van der Waals surface area contributed by atoms with Crippen LogP contribution < -0.4 is 5.32 Å². The number of hydrogen-bond acceptors (Lipinski definition) is 2. The third-order valence-electron chi connectivity index (χ3n) is 2.23. The van der Waals surface area contributed by atoms with Gasteiger partial charge in [0.15, 0.2) is 0 Å². The molecule has 1 heterocycles. The predicted octanol–water partition coefficient (Wildman–Crippen LogP) is 2.85. The molecule has 0 aliphatic rings. The molecule has 0 unspecified atom stereocenters. The second kappa shape index (κ2) is 4.90. The summed E-state index contributed by atoms with van der Waals surface area (Å²) < 4.78 is 30.9. The molecular weight excluding hydrogens is 212 g/mol. The molecule has 2 rings (SSSR count). The van der Waals surface area contributed by atoms with Crippen molar-refractivity contribution in [1.29, 1.82) is 0 Å². The van der Waals surface area contributed by atoms with Crippen molar-refractivity contribution in [3.63, 3.8) is 0 Å². The minimum atomic E-state index is -0.429. The lowest BCUT2D eigenvalue weighted by Crippen LogP contribution is -2.13. The number of hydrogen-bond donors (Lipinski definition) is 1. The minimum absolute atomic E-state index is 0.286. The molecule has 0 atom stereocenters. The Bertz CT molecular complexity index is 454. The van der Waals surface area contributed by atoms with Gasteiger partial charge in [0.25, 0.3) is 0 Å². The van der Waals surface area contributed by atoms with Crippen molar-refractivity contribution in [3.8, 4) is 0 Å². The summed E-state index contributed by atoms with van der Waals surface area (Å²) in [5.74, 6) is -0.831. The van der Waals surface area contributed by atoms with E-state index < -0.39 is 11.6 Å². The molecule has 0 bridgehead atoms. The lowest BCUT2D eigenvalue weighted by Gasteiger charge is -2.04. The van der Waals surface area contributed by atoms with E-state index in [1.165, 1.54) is 6.07 Å². The summed E-state index contributed by atoms with van der Waals surface area (Å²) in [6.07, 6.45) is 3.18. The van der Waals surface area contributed by atoms with Crippen LogP contribution in [0.5, 0.6) is 0 Å². The lowest BCUT2D eigenvalue weighted by molar-refractivity contribution is 0.554. The molecule has 4 heteroatoms. The minimum Gasteiger partial charge on any atom is -0.472 e. The van der Waals surface area contributed by atoms with Crippen LogP contribution in [0, 0.1) is 11.6 Å². The maximum atomic E-state index is 13.2. The molecule has 1 N–H and O–H groups in total. The van der Waals surface area contributed by atoms with Crippen LogP contribution in [0.3, 0.4) is 0 Å². The van der Waals surface area contributed by atoms with E-state index in [0.717, 1.165) is 17.7 Å². The lowest BCUT2D eigenvalue weighted by atomic mass is 10.2. The van der Waals surface area contributed by atoms with Gasteiger partial charge in [-0.25, -0.2) is 8.78 Å². The fourth-order valence-electron chi connectivity index (χ4n) is 1.41. The average Bonchev–Trinajstić information content (AvgIpc) is 2.76. The molecule has 84 valence electrons. The number of nitrogens with one attached hydrogen (secondary N) is 1. The van der Waals surface area contributed by atoms with Gasteiger partial charge in [-0.05, 0) is 24.3 Å². The standard InChI is InChI=1S/C12H11F2NO/c13-11-1-2-12(14)10(5-11)7-15-6-9-3-4-16-8-9/h1-5,8,15H,6-7H2. The normalized spacial score (nSPS) is 10.6. The highest BCUT2D eigenvalue weighted by atomic mass is 19.1. The van der Waals surface area contributed by atoms with E-state index in [0.29, 0.717) is 12.1 Å². The Balaban J connectivity index is 1.92. The van der Waals surface area contributed by atoms with Gasteiger partial charge in [0.2, 0.25) is 0 Å². The first kappa shape index (κ1) is 10.8. The molecule has 2 nitrogen and oxygen atoms in total. The van der Waals surface area contributed by atoms with Crippen molar-refractivity contribution in [2.75, 3.05) is 0 Å². The van der Waals surface area contributed by atoms with E-state index >= 15 is 0 Å². The fraction of sp³-hybridized carbons (Fsp3) is 0.167. The quantitative estimate of drug-likeness (QED) is 0.862. The summed E-state index contributed by atoms with van der Waals surface area (Å²) in [7, 11) is 0. The van der Waals surface area contributed by atoms with E-state index in [9.17, 15) is 8.78 Å². The van der Waals surface area contributed by atoms with Gasteiger partial charge in [-0.3, -0.25) is 0 Å². The van der Waals surface area contributed by atoms with Crippen LogP contribution in [-0.4, -0.2) is 0 Å². The van der Waals surface area contributed by atoms with Gasteiger partial charge >= 0.3 is 0 Å². The number of benzene rings is 1. The summed E-state index contributed by atoms with van der Waals surface area (Å²) in [6.45, 7) is 0.848. The molecule has 0 amide bonds. The first-order valence-electron chi connectivity index (χ1n) is 4.91. The van der Waals surface area contributed by atoms with E-state index in [2.05, 4.69) is 5.32 Å². The van der Waals surface area contributed by atoms with Crippen molar-refractivity contribution < 1.29 is 13.2 Å². The van der Waals surface area contributed by atoms with E-state index in [1.54, 1.807) is 12.5 Å². The molecule has 0 saturated heterocycles. The molecule has 16 heavy (non-hydrogen) atoms. The number of rotatable bonds is 4. The molecule has 0 aliphatic heterocycles. The second-order valence-electron chi connectivity index (χ2n) is 3.47. The zero-order valence-electron chi connectivity index (χ0n) is 8.54. The molecular formula is C12H11F2NO. The highest BCUT2D eigenvalue weighted by Crippen LogP contribution is 2.09. The van der Waals surface area contributed by atoms with Gasteiger partial charge in [-0.15, -0.1) is 0 Å². The second-order valence-corrected chi connectivity index (χ2v) is 3.47. The van der Waals surface area contributed by atoms with Gasteiger partial charge in [-0.2, -0.15) is 0 Å². The third-order valence-corrected chi connectivity index (χ3v) is 2.23. The Morgan fingerprint density at radius 2 is 2.00 bits per heavy atom. The van der Waals surface area contributed by atoms with Gasteiger partial charge in [0.1, 0.15) is 11.6 Å². The van der Waals surface area contributed by atoms with Crippen LogP contribution in [0.2, 0.25) is 0 Å². The maximum Gasteiger partial charge on any atom is 0.127 e. The Hall–Kier alpha value is -1.68. The fourth-order valence-corrected chi connectivity index (χ4v) is 1.41. The predicted molar refractivity (Wildman–Crippen MR) is 55.6 cm³/mol. The molecule has 0 aliphatic carbocycles. The maximum absolute atomic E-state index is 13.2. The Kier molecular flexibility index (Phi) is 3.31. The summed E-state index contributed by atoms with van der Waals surface area (Å²) in [6, 6.07) is 5.24. The number of furan rings is 1. The van der Waals surface area contributed by atoms with Crippen molar-refractivity contribution in [3.05, 3.63) is 59.6 Å². The van der Waals surface area contributed by atoms with Crippen molar-refractivity contribution in [1.82, 2.24) is 5.32 Å². The monoisotopic (exact) mass is 223 g/mol. The summed E-state index contributed by atoms with van der Waals surface area (Å²) in [5, 5.41) is 3.01. The molecule has 0 saturated carbocycles. The van der Waals surface area contributed by atoms with Crippen LogP contribution >= 0.6 is 0 Å². The van der Waals surface area contributed by atoms with E-state index in [1.807, 2.05) is 6.07 Å². The summed E-state index contributed by atoms with van der Waals surface area (Å²) >= 11 is 0. The third kappa shape index (κ3) is 2.67. The highest BCUT2D eigenvalue weighted by molar-refractivity contribution is 5.18. The molecule has 0 radical (unpaired) electrons. The largest absolute Gasteiger partial charge is 0.472 e. The molecule has 2 aromatic rings. The Morgan fingerprint density at radius 3 is 2.75 bits per heavy atom. The zero-order valence-corrected chi connectivity index (χ0v) is 8.54. The summed E-state index contributed by atoms with van der Waals surface area (Å²) in [5.41, 5.74) is 1.29. The van der Waals surface area contributed by atoms with E-state index in [-0.39, 0.29) is 6.54 Å². The van der Waals surface area contributed by atoms with Crippen LogP contribution in [-0.2, 0) is 13.1 Å². The van der Waals surface area contributed by atoms with Crippen LogP contribution in [0.15, 0.2) is 41.2 Å². The van der Waals surface area contributed by atoms with Crippen LogP contribution in [0.4, 0.5) is 8.78 Å². The van der Waals surface area contributed by atoms with Crippen molar-refractivity contribution in [2.45, 2.75) is 13.1 Å². The topological polar surface area (TPSA) is 25.2 Å². The van der Waals surface area contributed by atoms with Crippen molar-refractivity contribution >= 4 is 0 Å². The zero-order chi connectivity index (χ0) is 11.4. The Morgan fingerprint density at radius 1 is 1.12 bits per heavy atom. The highest BCUT2D eigenvalue weighted by Gasteiger charge is 2.03. The van der Waals surface area contributed by atoms with Gasteiger partial charge in [-0.1, -0.05) is 0 Å². The molecule has 0 spiro atoms. The molecule has 1 aromatic carbocycles. The van der Waals surface area contributed by atoms with Gasteiger partial charge in [0.05, 0.1) is 12.5 Å². The first-order valence-corrected chi connectivity index (χ1v) is 4.91.